The summed E-state index contributed by atoms with van der Waals surface area (Å²) in [6.07, 6.45) is 4.26. The van der Waals surface area contributed by atoms with Crippen LogP contribution in [0.5, 0.6) is 0 Å². The molecular formula is C29H34FN5O7. The van der Waals surface area contributed by atoms with Crippen LogP contribution in [-0.4, -0.2) is 74.5 Å². The van der Waals surface area contributed by atoms with Crippen molar-refractivity contribution in [1.29, 1.82) is 0 Å². The summed E-state index contributed by atoms with van der Waals surface area (Å²) in [6.45, 7) is 5.97. The SMILES string of the molecule is CCn1c(CN(CCCn2ccnc2)Cc2ccccc2F)nc2ccccc21.O=C(O)CC(O)(CC(=O)O)C(=O)O. The zero-order chi connectivity index (χ0) is 30.7. The summed E-state index contributed by atoms with van der Waals surface area (Å²) in [5.41, 5.74) is 0.134. The van der Waals surface area contributed by atoms with E-state index in [-0.39, 0.29) is 5.82 Å². The van der Waals surface area contributed by atoms with Gasteiger partial charge in [0.25, 0.3) is 0 Å². The molecule has 12 nitrogen and oxygen atoms in total. The van der Waals surface area contributed by atoms with Gasteiger partial charge in [0.05, 0.1) is 36.7 Å². The molecule has 4 rings (SSSR count). The molecule has 2 aromatic carbocycles. The number of halogens is 1. The van der Waals surface area contributed by atoms with E-state index in [9.17, 15) is 18.8 Å². The lowest BCUT2D eigenvalue weighted by Gasteiger charge is -2.23. The van der Waals surface area contributed by atoms with E-state index in [4.69, 9.17) is 25.4 Å². The second kappa shape index (κ2) is 14.8. The number of imidazole rings is 2. The van der Waals surface area contributed by atoms with Crippen LogP contribution >= 0.6 is 0 Å². The Kier molecular flexibility index (Phi) is 11.3. The minimum absolute atomic E-state index is 0.156. The zero-order valence-corrected chi connectivity index (χ0v) is 23.1. The molecule has 0 aliphatic heterocycles. The van der Waals surface area contributed by atoms with Crippen molar-refractivity contribution in [3.8, 4) is 0 Å². The van der Waals surface area contributed by atoms with Crippen LogP contribution in [0.2, 0.25) is 0 Å². The Labute approximate surface area is 241 Å². The van der Waals surface area contributed by atoms with Crippen LogP contribution in [-0.2, 0) is 40.6 Å². The van der Waals surface area contributed by atoms with Crippen LogP contribution in [0.1, 0.15) is 37.6 Å². The quantitative estimate of drug-likeness (QED) is 0.173. The molecule has 4 N–H and O–H groups in total. The maximum atomic E-state index is 14.3. The highest BCUT2D eigenvalue weighted by atomic mass is 19.1. The summed E-state index contributed by atoms with van der Waals surface area (Å²) in [7, 11) is 0. The van der Waals surface area contributed by atoms with Gasteiger partial charge in [-0.1, -0.05) is 30.3 Å². The van der Waals surface area contributed by atoms with E-state index >= 15 is 0 Å². The highest BCUT2D eigenvalue weighted by Crippen LogP contribution is 2.19. The number of aryl methyl sites for hydroxylation is 2. The van der Waals surface area contributed by atoms with Crippen LogP contribution in [0, 0.1) is 5.82 Å². The van der Waals surface area contributed by atoms with Gasteiger partial charge in [-0.25, -0.2) is 19.2 Å². The maximum absolute atomic E-state index is 14.3. The smallest absolute Gasteiger partial charge is 0.336 e. The number of para-hydroxylation sites is 2. The highest BCUT2D eigenvalue weighted by molar-refractivity contribution is 5.88. The first-order valence-corrected chi connectivity index (χ1v) is 13.3. The van der Waals surface area contributed by atoms with Crippen LogP contribution in [0.3, 0.4) is 0 Å². The Bertz CT molecular complexity index is 1470. The standard InChI is InChI=1S/C23H26FN5.C6H8O7/c1-2-29-22-11-6-5-10-21(22)26-23(29)17-28(14-7-13-27-15-12-25-18-27)16-19-8-3-4-9-20(19)24;7-3(8)1-6(13,5(11)12)2-4(9)10/h3-6,8-12,15,18H,2,7,13-14,16-17H2,1H3;13H,1-2H2,(H,7,8)(H,9,10)(H,11,12). The van der Waals surface area contributed by atoms with Crippen LogP contribution < -0.4 is 0 Å². The molecule has 4 aromatic rings. The second-order valence-corrected chi connectivity index (χ2v) is 9.69. The molecule has 0 bridgehead atoms. The number of hydrogen-bond donors (Lipinski definition) is 4. The van der Waals surface area contributed by atoms with Gasteiger partial charge in [0.1, 0.15) is 11.6 Å². The Hall–Kier alpha value is -4.62. The summed E-state index contributed by atoms with van der Waals surface area (Å²) in [5.74, 6) is -4.15. The van der Waals surface area contributed by atoms with Crippen LogP contribution in [0.4, 0.5) is 4.39 Å². The Balaban J connectivity index is 0.000000316. The first-order chi connectivity index (χ1) is 20.0. The topological polar surface area (TPSA) is 171 Å². The van der Waals surface area contributed by atoms with Gasteiger partial charge in [0.15, 0.2) is 5.60 Å². The second-order valence-electron chi connectivity index (χ2n) is 9.69. The first kappa shape index (κ1) is 31.9. The molecule has 0 spiro atoms. The van der Waals surface area contributed by atoms with Gasteiger partial charge >= 0.3 is 17.9 Å². The van der Waals surface area contributed by atoms with Gasteiger partial charge in [0, 0.05) is 44.1 Å². The lowest BCUT2D eigenvalue weighted by molar-refractivity contribution is -0.170. The number of carbonyl (C=O) groups is 3. The molecule has 0 radical (unpaired) electrons. The van der Waals surface area contributed by atoms with E-state index in [1.54, 1.807) is 12.3 Å². The molecule has 0 fully saturated rings. The molecule has 0 saturated carbocycles. The molecular weight excluding hydrogens is 549 g/mol. The number of benzene rings is 2. The van der Waals surface area contributed by atoms with Crippen LogP contribution in [0.25, 0.3) is 11.0 Å². The van der Waals surface area contributed by atoms with Crippen molar-refractivity contribution in [3.05, 3.63) is 84.5 Å². The average Bonchev–Trinajstić information content (AvgIpc) is 3.56. The largest absolute Gasteiger partial charge is 0.481 e. The summed E-state index contributed by atoms with van der Waals surface area (Å²) >= 11 is 0. The van der Waals surface area contributed by atoms with Gasteiger partial charge in [0.2, 0.25) is 0 Å². The first-order valence-electron chi connectivity index (χ1n) is 13.3. The molecule has 0 saturated heterocycles. The molecule has 0 aliphatic rings. The van der Waals surface area contributed by atoms with E-state index in [1.807, 2.05) is 42.9 Å². The third kappa shape index (κ3) is 8.94. The van der Waals surface area contributed by atoms with Crippen molar-refractivity contribution in [2.75, 3.05) is 6.54 Å². The highest BCUT2D eigenvalue weighted by Gasteiger charge is 2.40. The van der Waals surface area contributed by atoms with Gasteiger partial charge in [-0.2, -0.15) is 0 Å². The van der Waals surface area contributed by atoms with Crippen molar-refractivity contribution >= 4 is 28.9 Å². The number of rotatable bonds is 14. The molecule has 2 heterocycles. The predicted molar refractivity (Wildman–Crippen MR) is 150 cm³/mol. The number of fused-ring (bicyclic) bond motifs is 1. The van der Waals surface area contributed by atoms with Gasteiger partial charge in [-0.3, -0.25) is 14.5 Å². The van der Waals surface area contributed by atoms with Crippen LogP contribution in [0.15, 0.2) is 67.3 Å². The third-order valence-electron chi connectivity index (χ3n) is 6.50. The fraction of sp³-hybridized carbons (Fsp3) is 0.345. The fourth-order valence-corrected chi connectivity index (χ4v) is 4.49. The molecule has 13 heteroatoms. The average molecular weight is 584 g/mol. The number of nitrogens with zero attached hydrogens (tertiary/aromatic N) is 5. The number of hydrogen-bond acceptors (Lipinski definition) is 7. The third-order valence-corrected chi connectivity index (χ3v) is 6.50. The molecule has 0 atom stereocenters. The zero-order valence-electron chi connectivity index (χ0n) is 23.1. The summed E-state index contributed by atoms with van der Waals surface area (Å²) < 4.78 is 18.6. The maximum Gasteiger partial charge on any atom is 0.336 e. The molecule has 0 amide bonds. The lowest BCUT2D eigenvalue weighted by Crippen LogP contribution is -2.42. The normalized spacial score (nSPS) is 11.3. The number of carboxylic acid groups (broad SMARTS) is 3. The van der Waals surface area contributed by atoms with E-state index < -0.39 is 36.4 Å². The Morgan fingerprint density at radius 1 is 0.976 bits per heavy atom. The molecule has 42 heavy (non-hydrogen) atoms. The van der Waals surface area contributed by atoms with E-state index in [1.165, 1.54) is 6.07 Å². The number of aliphatic carboxylic acids is 3. The van der Waals surface area contributed by atoms with Gasteiger partial charge in [-0.15, -0.1) is 0 Å². The molecule has 0 aliphatic carbocycles. The molecule has 224 valence electrons. The van der Waals surface area contributed by atoms with Crippen molar-refractivity contribution in [3.63, 3.8) is 0 Å². The van der Waals surface area contributed by atoms with E-state index in [2.05, 4.69) is 32.0 Å². The van der Waals surface area contributed by atoms with Gasteiger partial charge < -0.3 is 29.6 Å². The molecule has 2 aromatic heterocycles. The minimum Gasteiger partial charge on any atom is -0.481 e. The number of aromatic nitrogens is 4. The minimum atomic E-state index is -2.74. The summed E-state index contributed by atoms with van der Waals surface area (Å²) in [4.78, 5) is 41.7. The monoisotopic (exact) mass is 583 g/mol. The van der Waals surface area contributed by atoms with Crippen molar-refractivity contribution < 1.29 is 39.2 Å². The summed E-state index contributed by atoms with van der Waals surface area (Å²) in [5, 5.41) is 33.8. The van der Waals surface area contributed by atoms with E-state index in [0.717, 1.165) is 42.9 Å². The Morgan fingerprint density at radius 2 is 1.64 bits per heavy atom. The summed E-state index contributed by atoms with van der Waals surface area (Å²) in [6, 6.07) is 15.2. The van der Waals surface area contributed by atoms with Crippen molar-refractivity contribution in [2.24, 2.45) is 0 Å². The number of carboxylic acids is 3. The lowest BCUT2D eigenvalue weighted by atomic mass is 9.96. The molecule has 0 unspecified atom stereocenters. The predicted octanol–water partition coefficient (Wildman–Crippen LogP) is 3.24. The van der Waals surface area contributed by atoms with Crippen molar-refractivity contribution in [1.82, 2.24) is 24.0 Å². The van der Waals surface area contributed by atoms with E-state index in [0.29, 0.717) is 18.7 Å². The fourth-order valence-electron chi connectivity index (χ4n) is 4.49. The Morgan fingerprint density at radius 3 is 2.24 bits per heavy atom. The number of aliphatic hydroxyl groups is 1. The van der Waals surface area contributed by atoms with Crippen molar-refractivity contribution in [2.45, 2.75) is 58.0 Å². The van der Waals surface area contributed by atoms with Gasteiger partial charge in [-0.05, 0) is 31.5 Å².